The van der Waals surface area contributed by atoms with E-state index in [9.17, 15) is 9.59 Å². The van der Waals surface area contributed by atoms with Crippen LogP contribution in [0.25, 0.3) is 12.2 Å². The monoisotopic (exact) mass is 308 g/mol. The Bertz CT molecular complexity index is 737. The third kappa shape index (κ3) is 5.61. The second kappa shape index (κ2) is 8.31. The van der Waals surface area contributed by atoms with Gasteiger partial charge in [-0.15, -0.1) is 0 Å². The Morgan fingerprint density at radius 1 is 0.826 bits per heavy atom. The van der Waals surface area contributed by atoms with Crippen molar-refractivity contribution < 1.29 is 14.8 Å². The summed E-state index contributed by atoms with van der Waals surface area (Å²) in [6, 6.07) is 16.5. The summed E-state index contributed by atoms with van der Waals surface area (Å²) in [6.45, 7) is 0. The van der Waals surface area contributed by atoms with Gasteiger partial charge in [-0.2, -0.15) is 0 Å². The van der Waals surface area contributed by atoms with Gasteiger partial charge in [0, 0.05) is 17.8 Å². The molecule has 0 heterocycles. The van der Waals surface area contributed by atoms with Crippen molar-refractivity contribution in [1.29, 1.82) is 0 Å². The predicted molar refractivity (Wildman–Crippen MR) is 89.5 cm³/mol. The number of nitrogens with one attached hydrogen (secondary N) is 2. The molecule has 0 spiro atoms. The quantitative estimate of drug-likeness (QED) is 0.451. The summed E-state index contributed by atoms with van der Waals surface area (Å²) < 4.78 is 0. The summed E-state index contributed by atoms with van der Waals surface area (Å²) >= 11 is 0. The molecule has 23 heavy (non-hydrogen) atoms. The third-order valence-electron chi connectivity index (χ3n) is 2.92. The highest BCUT2D eigenvalue weighted by Gasteiger charge is 1.99. The Balaban J connectivity index is 2.00. The predicted octanol–water partition coefficient (Wildman–Crippen LogP) is 2.86. The van der Waals surface area contributed by atoms with E-state index >= 15 is 0 Å². The zero-order chi connectivity index (χ0) is 16.5. The lowest BCUT2D eigenvalue weighted by Gasteiger charge is -2.03. The Labute approximate surface area is 133 Å². The van der Waals surface area contributed by atoms with E-state index in [0.717, 1.165) is 11.1 Å². The third-order valence-corrected chi connectivity index (χ3v) is 2.92. The van der Waals surface area contributed by atoms with Crippen LogP contribution in [0.4, 0.5) is 5.69 Å². The number of hydrogen-bond acceptors (Lipinski definition) is 3. The molecule has 2 amide bonds. The van der Waals surface area contributed by atoms with Gasteiger partial charge in [-0.25, -0.2) is 5.48 Å². The molecule has 5 heteroatoms. The molecule has 0 atom stereocenters. The van der Waals surface area contributed by atoms with Gasteiger partial charge in [-0.05, 0) is 35.4 Å². The number of benzene rings is 2. The highest BCUT2D eigenvalue weighted by molar-refractivity contribution is 6.02. The van der Waals surface area contributed by atoms with Gasteiger partial charge in [0.15, 0.2) is 0 Å². The van der Waals surface area contributed by atoms with Crippen molar-refractivity contribution in [2.45, 2.75) is 0 Å². The minimum Gasteiger partial charge on any atom is -0.322 e. The Hall–Kier alpha value is -3.18. The molecule has 0 radical (unpaired) electrons. The summed E-state index contributed by atoms with van der Waals surface area (Å²) in [6.07, 6.45) is 5.90. The standard InChI is InChI=1S/C18H16N2O3/c21-17(11-9-14-5-2-1-3-6-14)19-16-8-4-7-15(13-16)10-12-18(22)20-23/h1-13,23H,(H,19,21)(H,20,22). The van der Waals surface area contributed by atoms with Crippen molar-refractivity contribution in [1.82, 2.24) is 5.48 Å². The van der Waals surface area contributed by atoms with Crippen LogP contribution in [0.5, 0.6) is 0 Å². The fourth-order valence-electron chi connectivity index (χ4n) is 1.85. The maximum atomic E-state index is 11.9. The molecule has 0 aliphatic heterocycles. The normalized spacial score (nSPS) is 10.8. The zero-order valence-corrected chi connectivity index (χ0v) is 12.3. The van der Waals surface area contributed by atoms with Crippen molar-refractivity contribution in [2.75, 3.05) is 5.32 Å². The lowest BCUT2D eigenvalue weighted by atomic mass is 10.2. The summed E-state index contributed by atoms with van der Waals surface area (Å²) in [5, 5.41) is 11.2. The van der Waals surface area contributed by atoms with Crippen molar-refractivity contribution >= 4 is 29.7 Å². The van der Waals surface area contributed by atoms with Gasteiger partial charge in [-0.1, -0.05) is 42.5 Å². The maximum Gasteiger partial charge on any atom is 0.267 e. The molecule has 2 aromatic carbocycles. The maximum absolute atomic E-state index is 11.9. The van der Waals surface area contributed by atoms with Gasteiger partial charge in [0.25, 0.3) is 5.91 Å². The van der Waals surface area contributed by atoms with E-state index in [1.807, 2.05) is 30.3 Å². The molecule has 0 fully saturated rings. The summed E-state index contributed by atoms with van der Waals surface area (Å²) in [4.78, 5) is 22.8. The van der Waals surface area contributed by atoms with E-state index in [2.05, 4.69) is 5.32 Å². The molecular formula is C18H16N2O3. The van der Waals surface area contributed by atoms with Gasteiger partial charge < -0.3 is 5.32 Å². The fourth-order valence-corrected chi connectivity index (χ4v) is 1.85. The smallest absolute Gasteiger partial charge is 0.267 e. The van der Waals surface area contributed by atoms with Gasteiger partial charge in [0.05, 0.1) is 0 Å². The Kier molecular flexibility index (Phi) is 5.85. The van der Waals surface area contributed by atoms with E-state index in [1.165, 1.54) is 23.7 Å². The molecule has 0 unspecified atom stereocenters. The van der Waals surface area contributed by atoms with Crippen LogP contribution >= 0.6 is 0 Å². The van der Waals surface area contributed by atoms with Gasteiger partial charge in [0.1, 0.15) is 0 Å². The molecule has 0 aliphatic carbocycles. The van der Waals surface area contributed by atoms with Crippen LogP contribution in [0.15, 0.2) is 66.7 Å². The van der Waals surface area contributed by atoms with Crippen LogP contribution in [0.1, 0.15) is 11.1 Å². The van der Waals surface area contributed by atoms with Crippen LogP contribution in [0.3, 0.4) is 0 Å². The molecule has 0 aliphatic rings. The highest BCUT2D eigenvalue weighted by Crippen LogP contribution is 2.12. The van der Waals surface area contributed by atoms with Crippen molar-refractivity contribution in [3.63, 3.8) is 0 Å². The largest absolute Gasteiger partial charge is 0.322 e. The van der Waals surface area contributed by atoms with Crippen LogP contribution in [0, 0.1) is 0 Å². The van der Waals surface area contributed by atoms with E-state index < -0.39 is 5.91 Å². The SMILES string of the molecule is O=C(C=Cc1cccc(NC(=O)C=Cc2ccccc2)c1)NO. The van der Waals surface area contributed by atoms with Gasteiger partial charge >= 0.3 is 0 Å². The van der Waals surface area contributed by atoms with E-state index in [0.29, 0.717) is 5.69 Å². The highest BCUT2D eigenvalue weighted by atomic mass is 16.5. The fraction of sp³-hybridized carbons (Fsp3) is 0. The molecule has 3 N–H and O–H groups in total. The molecule has 0 aromatic heterocycles. The Morgan fingerprint density at radius 2 is 1.48 bits per heavy atom. The minimum atomic E-state index is -0.620. The molecule has 2 aromatic rings. The first kappa shape index (κ1) is 16.2. The lowest BCUT2D eigenvalue weighted by molar-refractivity contribution is -0.124. The van der Waals surface area contributed by atoms with Crippen molar-refractivity contribution in [3.8, 4) is 0 Å². The first-order chi connectivity index (χ1) is 11.2. The number of amides is 2. The molecule has 0 saturated carbocycles. The van der Waals surface area contributed by atoms with Crippen molar-refractivity contribution in [2.24, 2.45) is 0 Å². The van der Waals surface area contributed by atoms with E-state index in [4.69, 9.17) is 5.21 Å². The summed E-state index contributed by atoms with van der Waals surface area (Å²) in [5.74, 6) is -0.867. The molecule has 116 valence electrons. The van der Waals surface area contributed by atoms with Crippen molar-refractivity contribution in [3.05, 3.63) is 77.9 Å². The molecular weight excluding hydrogens is 292 g/mol. The van der Waals surface area contributed by atoms with Crippen LogP contribution < -0.4 is 10.8 Å². The summed E-state index contributed by atoms with van der Waals surface area (Å²) in [7, 11) is 0. The van der Waals surface area contributed by atoms with Crippen LogP contribution in [-0.2, 0) is 9.59 Å². The number of anilines is 1. The van der Waals surface area contributed by atoms with Gasteiger partial charge in [0.2, 0.25) is 5.91 Å². The first-order valence-electron chi connectivity index (χ1n) is 6.94. The number of hydrogen-bond donors (Lipinski definition) is 3. The minimum absolute atomic E-state index is 0.247. The molecule has 2 rings (SSSR count). The second-order valence-corrected chi connectivity index (χ2v) is 4.67. The number of carbonyl (C=O) groups is 2. The van der Waals surface area contributed by atoms with E-state index in [1.54, 1.807) is 30.3 Å². The van der Waals surface area contributed by atoms with Crippen LogP contribution in [0.2, 0.25) is 0 Å². The molecule has 0 bridgehead atoms. The Morgan fingerprint density at radius 3 is 2.22 bits per heavy atom. The average molecular weight is 308 g/mol. The zero-order valence-electron chi connectivity index (χ0n) is 12.3. The number of rotatable bonds is 5. The first-order valence-corrected chi connectivity index (χ1v) is 6.94. The average Bonchev–Trinajstić information content (AvgIpc) is 2.59. The number of carbonyl (C=O) groups excluding carboxylic acids is 2. The number of hydroxylamine groups is 1. The lowest BCUT2D eigenvalue weighted by Crippen LogP contribution is -2.14. The molecule has 5 nitrogen and oxygen atoms in total. The second-order valence-electron chi connectivity index (χ2n) is 4.67. The van der Waals surface area contributed by atoms with Crippen LogP contribution in [-0.4, -0.2) is 17.0 Å². The van der Waals surface area contributed by atoms with E-state index in [-0.39, 0.29) is 5.91 Å². The molecule has 0 saturated heterocycles. The van der Waals surface area contributed by atoms with Gasteiger partial charge in [-0.3, -0.25) is 14.8 Å². The summed E-state index contributed by atoms with van der Waals surface area (Å²) in [5.41, 5.74) is 3.78. The topological polar surface area (TPSA) is 78.4 Å².